The smallest absolute Gasteiger partial charge is 0.831 e. The molecule has 0 rings (SSSR count). The zero-order chi connectivity index (χ0) is 6.99. The summed E-state index contributed by atoms with van der Waals surface area (Å²) in [6.45, 7) is 4.46. The first-order chi connectivity index (χ1) is 3.68. The fourth-order valence-electron chi connectivity index (χ4n) is 0. The van der Waals surface area contributed by atoms with E-state index >= 15 is 0 Å². The first-order valence-electron chi connectivity index (χ1n) is 2.10. The van der Waals surface area contributed by atoms with Crippen molar-refractivity contribution < 1.29 is 9.84 Å². The summed E-state index contributed by atoms with van der Waals surface area (Å²) in [7, 11) is 1.39. The van der Waals surface area contributed by atoms with Gasteiger partial charge < -0.3 is 22.2 Å². The van der Waals surface area contributed by atoms with Crippen LogP contribution in [-0.2, 0) is 4.74 Å². The summed E-state index contributed by atoms with van der Waals surface area (Å²) < 4.78 is 4.19. The summed E-state index contributed by atoms with van der Waals surface area (Å²) in [5, 5.41) is 9.67. The molecule has 0 N–H and O–H groups in total. The predicted octanol–water partition coefficient (Wildman–Crippen LogP) is -0.588. The van der Waals surface area contributed by atoms with Crippen LogP contribution >= 0.6 is 0 Å². The van der Waals surface area contributed by atoms with Gasteiger partial charge in [0.1, 0.15) is 0 Å². The van der Waals surface area contributed by atoms with E-state index in [0.29, 0.717) is 0 Å². The van der Waals surface area contributed by atoms with Crippen LogP contribution in [0.3, 0.4) is 0 Å². The molecule has 0 spiro atoms. The van der Waals surface area contributed by atoms with E-state index in [-0.39, 0.29) is 23.1 Å². The quantitative estimate of drug-likeness (QED) is 0.210. The van der Waals surface area contributed by atoms with Crippen LogP contribution in [0.5, 0.6) is 0 Å². The monoisotopic (exact) mass is 138 g/mol. The van der Waals surface area contributed by atoms with Crippen LogP contribution in [0.25, 0.3) is 0 Å². The Hall–Kier alpha value is 0.116. The van der Waals surface area contributed by atoms with Gasteiger partial charge in [-0.3, -0.25) is 0 Å². The Kier molecular flexibility index (Phi) is 28.0. The molecule has 3 heteroatoms. The third kappa shape index (κ3) is 67.8. The van der Waals surface area contributed by atoms with Crippen molar-refractivity contribution >= 4 is 23.1 Å². The van der Waals surface area contributed by atoms with Crippen LogP contribution in [0.2, 0.25) is 0 Å². The Morgan fingerprint density at radius 2 is 1.89 bits per heavy atom. The standard InChI is InChI=1S/C3H7O2.C3H3.Mg/c1-3(4)5-2;1-3-2;/h3H,1-2H3;1H,2H2;/q2*-1;+2. The van der Waals surface area contributed by atoms with E-state index in [1.807, 2.05) is 5.92 Å². The molecule has 0 saturated heterocycles. The van der Waals surface area contributed by atoms with Gasteiger partial charge in [-0.05, 0) is 6.29 Å². The van der Waals surface area contributed by atoms with Crippen LogP contribution in [0.15, 0.2) is 0 Å². The predicted molar refractivity (Wildman–Crippen MR) is 36.4 cm³/mol. The third-order valence-electron chi connectivity index (χ3n) is 0.332. The maximum Gasteiger partial charge on any atom is 2.00 e. The molecule has 0 aliphatic rings. The largest absolute Gasteiger partial charge is 2.00 e. The van der Waals surface area contributed by atoms with Gasteiger partial charge in [0.05, 0.1) is 0 Å². The number of hydrogen-bond acceptors (Lipinski definition) is 2. The zero-order valence-electron chi connectivity index (χ0n) is 5.89. The molecule has 1 atom stereocenters. The van der Waals surface area contributed by atoms with Gasteiger partial charge in [0, 0.05) is 7.11 Å². The molecule has 2 nitrogen and oxygen atoms in total. The van der Waals surface area contributed by atoms with Gasteiger partial charge in [-0.2, -0.15) is 6.92 Å². The maximum absolute atomic E-state index is 9.67. The molecule has 0 fully saturated rings. The Labute approximate surface area is 72.7 Å². The van der Waals surface area contributed by atoms with E-state index in [4.69, 9.17) is 0 Å². The molecule has 0 saturated carbocycles. The van der Waals surface area contributed by atoms with E-state index in [1.165, 1.54) is 14.0 Å². The molecular formula is C6H10MgO2. The third-order valence-corrected chi connectivity index (χ3v) is 0.332. The van der Waals surface area contributed by atoms with E-state index < -0.39 is 6.29 Å². The second-order valence-corrected chi connectivity index (χ2v) is 1.01. The fourth-order valence-corrected chi connectivity index (χ4v) is 0. The SMILES string of the molecule is C#C[CH2-].COC(C)[O-].[Mg+2]. The zero-order valence-corrected chi connectivity index (χ0v) is 7.30. The number of terminal acetylenes is 1. The average molecular weight is 138 g/mol. The summed E-state index contributed by atoms with van der Waals surface area (Å²) in [4.78, 5) is 0. The van der Waals surface area contributed by atoms with Crippen molar-refractivity contribution in [2.45, 2.75) is 13.2 Å². The minimum Gasteiger partial charge on any atom is -0.831 e. The molecule has 0 radical (unpaired) electrons. The van der Waals surface area contributed by atoms with Crippen molar-refractivity contribution in [1.82, 2.24) is 0 Å². The van der Waals surface area contributed by atoms with Crippen LogP contribution in [0.4, 0.5) is 0 Å². The molecule has 0 aromatic rings. The second kappa shape index (κ2) is 15.7. The first-order valence-corrected chi connectivity index (χ1v) is 2.10. The van der Waals surface area contributed by atoms with Crippen molar-refractivity contribution in [3.05, 3.63) is 6.92 Å². The molecule has 1 unspecified atom stereocenters. The Morgan fingerprint density at radius 1 is 1.78 bits per heavy atom. The van der Waals surface area contributed by atoms with Crippen LogP contribution in [-0.4, -0.2) is 36.5 Å². The van der Waals surface area contributed by atoms with Crippen molar-refractivity contribution in [3.63, 3.8) is 0 Å². The van der Waals surface area contributed by atoms with Gasteiger partial charge in [-0.15, -0.1) is 0 Å². The second-order valence-electron chi connectivity index (χ2n) is 1.01. The summed E-state index contributed by atoms with van der Waals surface area (Å²) in [5.74, 6) is 2.00. The van der Waals surface area contributed by atoms with Crippen molar-refractivity contribution in [2.75, 3.05) is 7.11 Å². The molecule has 0 aromatic carbocycles. The number of ether oxygens (including phenoxy) is 1. The van der Waals surface area contributed by atoms with Crippen LogP contribution in [0.1, 0.15) is 6.92 Å². The topological polar surface area (TPSA) is 32.3 Å². The molecule has 48 valence electrons. The van der Waals surface area contributed by atoms with Gasteiger partial charge in [0.2, 0.25) is 0 Å². The number of rotatable bonds is 1. The van der Waals surface area contributed by atoms with E-state index in [1.54, 1.807) is 0 Å². The van der Waals surface area contributed by atoms with Crippen molar-refractivity contribution in [2.24, 2.45) is 0 Å². The van der Waals surface area contributed by atoms with Crippen LogP contribution < -0.4 is 5.11 Å². The van der Waals surface area contributed by atoms with Gasteiger partial charge in [0.15, 0.2) is 0 Å². The summed E-state index contributed by atoms with van der Waals surface area (Å²) in [6, 6.07) is 0. The minimum atomic E-state index is -0.866. The Balaban J connectivity index is -0.0000000800. The summed E-state index contributed by atoms with van der Waals surface area (Å²) >= 11 is 0. The molecule has 0 aromatic heterocycles. The molecular weight excluding hydrogens is 128 g/mol. The van der Waals surface area contributed by atoms with Crippen LogP contribution in [0, 0.1) is 19.3 Å². The van der Waals surface area contributed by atoms with Gasteiger partial charge >= 0.3 is 23.1 Å². The van der Waals surface area contributed by atoms with Gasteiger partial charge in [-0.1, -0.05) is 6.92 Å². The molecule has 0 bridgehead atoms. The number of methoxy groups -OCH3 is 1. The molecule has 0 aliphatic carbocycles. The van der Waals surface area contributed by atoms with Crippen molar-refractivity contribution in [1.29, 1.82) is 0 Å². The Bertz CT molecular complexity index is 65.9. The Morgan fingerprint density at radius 3 is 1.89 bits per heavy atom. The van der Waals surface area contributed by atoms with E-state index in [0.717, 1.165) is 0 Å². The van der Waals surface area contributed by atoms with E-state index in [9.17, 15) is 5.11 Å². The molecule has 9 heavy (non-hydrogen) atoms. The van der Waals surface area contributed by atoms with E-state index in [2.05, 4.69) is 18.1 Å². The fraction of sp³-hybridized carbons (Fsp3) is 0.500. The molecule has 0 heterocycles. The van der Waals surface area contributed by atoms with Crippen molar-refractivity contribution in [3.8, 4) is 12.3 Å². The van der Waals surface area contributed by atoms with Gasteiger partial charge in [0.25, 0.3) is 0 Å². The minimum absolute atomic E-state index is 0. The average Bonchev–Trinajstić information content (AvgIpc) is 1.69. The molecule has 0 amide bonds. The first kappa shape index (κ1) is 16.1. The maximum atomic E-state index is 9.67. The van der Waals surface area contributed by atoms with Gasteiger partial charge in [-0.25, -0.2) is 0 Å². The number of hydrogen-bond donors (Lipinski definition) is 0. The normalized spacial score (nSPS) is 9.11. The summed E-state index contributed by atoms with van der Waals surface area (Å²) in [6.07, 6.45) is 3.62. The molecule has 0 aliphatic heterocycles. The summed E-state index contributed by atoms with van der Waals surface area (Å²) in [5.41, 5.74) is 0.